The van der Waals surface area contributed by atoms with Crippen LogP contribution < -0.4 is 4.74 Å². The Morgan fingerprint density at radius 1 is 1.38 bits per heavy atom. The van der Waals surface area contributed by atoms with Gasteiger partial charge in [0, 0.05) is 0 Å². The molecular weight excluding hydrogens is 208 g/mol. The SMILES string of the molecule is O=C(O)C1CCC(COc2ccccc2)O1. The highest BCUT2D eigenvalue weighted by Gasteiger charge is 2.30. The maximum Gasteiger partial charge on any atom is 0.332 e. The maximum atomic E-state index is 10.7. The normalized spacial score (nSPS) is 24.2. The standard InChI is InChI=1S/C12H14O4/c13-12(14)11-7-6-10(16-11)8-15-9-4-2-1-3-5-9/h1-5,10-11H,6-8H2,(H,13,14). The highest BCUT2D eigenvalue weighted by molar-refractivity contribution is 5.72. The van der Waals surface area contributed by atoms with Crippen molar-refractivity contribution in [3.8, 4) is 5.75 Å². The molecule has 1 aromatic rings. The van der Waals surface area contributed by atoms with E-state index in [2.05, 4.69) is 0 Å². The fourth-order valence-electron chi connectivity index (χ4n) is 1.72. The summed E-state index contributed by atoms with van der Waals surface area (Å²) in [6.45, 7) is 0.411. The van der Waals surface area contributed by atoms with Crippen molar-refractivity contribution in [3.63, 3.8) is 0 Å². The molecule has 2 atom stereocenters. The molecule has 0 bridgehead atoms. The Hall–Kier alpha value is -1.55. The van der Waals surface area contributed by atoms with Crippen LogP contribution in [0.3, 0.4) is 0 Å². The van der Waals surface area contributed by atoms with E-state index in [9.17, 15) is 4.79 Å². The number of aliphatic carboxylic acids is 1. The Morgan fingerprint density at radius 3 is 2.75 bits per heavy atom. The molecule has 0 aliphatic carbocycles. The van der Waals surface area contributed by atoms with Crippen molar-refractivity contribution in [1.29, 1.82) is 0 Å². The second kappa shape index (κ2) is 4.99. The fourth-order valence-corrected chi connectivity index (χ4v) is 1.72. The van der Waals surface area contributed by atoms with Crippen molar-refractivity contribution in [2.45, 2.75) is 25.0 Å². The van der Waals surface area contributed by atoms with Gasteiger partial charge in [0.2, 0.25) is 0 Å². The van der Waals surface area contributed by atoms with E-state index in [1.165, 1.54) is 0 Å². The van der Waals surface area contributed by atoms with E-state index < -0.39 is 12.1 Å². The molecule has 16 heavy (non-hydrogen) atoms. The van der Waals surface area contributed by atoms with Gasteiger partial charge in [-0.1, -0.05) is 18.2 Å². The largest absolute Gasteiger partial charge is 0.491 e. The van der Waals surface area contributed by atoms with Crippen molar-refractivity contribution in [2.24, 2.45) is 0 Å². The van der Waals surface area contributed by atoms with Crippen LogP contribution in [0.5, 0.6) is 5.75 Å². The Morgan fingerprint density at radius 2 is 2.12 bits per heavy atom. The van der Waals surface area contributed by atoms with Gasteiger partial charge < -0.3 is 14.6 Å². The number of hydrogen-bond acceptors (Lipinski definition) is 3. The van der Waals surface area contributed by atoms with Gasteiger partial charge in [-0.25, -0.2) is 4.79 Å². The molecule has 1 N–H and O–H groups in total. The van der Waals surface area contributed by atoms with Crippen molar-refractivity contribution in [3.05, 3.63) is 30.3 Å². The maximum absolute atomic E-state index is 10.7. The molecule has 2 unspecified atom stereocenters. The zero-order chi connectivity index (χ0) is 11.4. The molecule has 0 aromatic heterocycles. The van der Waals surface area contributed by atoms with E-state index in [0.717, 1.165) is 12.2 Å². The number of ether oxygens (including phenoxy) is 2. The minimum absolute atomic E-state index is 0.110. The molecule has 1 aliphatic rings. The topological polar surface area (TPSA) is 55.8 Å². The lowest BCUT2D eigenvalue weighted by atomic mass is 10.2. The third-order valence-corrected chi connectivity index (χ3v) is 2.56. The number of carboxylic acids is 1. The molecule has 1 aliphatic heterocycles. The molecule has 1 aromatic carbocycles. The summed E-state index contributed by atoms with van der Waals surface area (Å²) in [4.78, 5) is 10.7. The summed E-state index contributed by atoms with van der Waals surface area (Å²) in [7, 11) is 0. The van der Waals surface area contributed by atoms with Crippen LogP contribution in [-0.4, -0.2) is 29.9 Å². The molecule has 86 valence electrons. The minimum atomic E-state index is -0.887. The number of benzene rings is 1. The molecular formula is C12H14O4. The van der Waals surface area contributed by atoms with Crippen LogP contribution in [-0.2, 0) is 9.53 Å². The Balaban J connectivity index is 1.78. The Bertz CT molecular complexity index is 349. The zero-order valence-electron chi connectivity index (χ0n) is 8.83. The molecule has 1 saturated heterocycles. The van der Waals surface area contributed by atoms with Gasteiger partial charge in [-0.05, 0) is 25.0 Å². The van der Waals surface area contributed by atoms with Crippen LogP contribution in [0.1, 0.15) is 12.8 Å². The van der Waals surface area contributed by atoms with Gasteiger partial charge in [0.1, 0.15) is 12.4 Å². The van der Waals surface area contributed by atoms with E-state index in [0.29, 0.717) is 13.0 Å². The first-order valence-corrected chi connectivity index (χ1v) is 5.32. The predicted molar refractivity (Wildman–Crippen MR) is 57.5 cm³/mol. The quantitative estimate of drug-likeness (QED) is 0.842. The lowest BCUT2D eigenvalue weighted by Gasteiger charge is -2.12. The minimum Gasteiger partial charge on any atom is -0.491 e. The van der Waals surface area contributed by atoms with Crippen LogP contribution in [0.25, 0.3) is 0 Å². The number of carboxylic acid groups (broad SMARTS) is 1. The van der Waals surface area contributed by atoms with Crippen LogP contribution in [0, 0.1) is 0 Å². The second-order valence-corrected chi connectivity index (χ2v) is 3.79. The number of carbonyl (C=O) groups is 1. The fraction of sp³-hybridized carbons (Fsp3) is 0.417. The van der Waals surface area contributed by atoms with Gasteiger partial charge in [-0.2, -0.15) is 0 Å². The molecule has 4 heteroatoms. The molecule has 4 nitrogen and oxygen atoms in total. The molecule has 1 fully saturated rings. The summed E-state index contributed by atoms with van der Waals surface area (Å²) >= 11 is 0. The number of hydrogen-bond donors (Lipinski definition) is 1. The summed E-state index contributed by atoms with van der Waals surface area (Å²) in [5.41, 5.74) is 0. The van der Waals surface area contributed by atoms with Crippen LogP contribution in [0.2, 0.25) is 0 Å². The summed E-state index contributed by atoms with van der Waals surface area (Å²) in [6.07, 6.45) is 0.535. The van der Waals surface area contributed by atoms with Gasteiger partial charge in [-0.3, -0.25) is 0 Å². The van der Waals surface area contributed by atoms with Crippen molar-refractivity contribution < 1.29 is 19.4 Å². The first-order valence-electron chi connectivity index (χ1n) is 5.32. The summed E-state index contributed by atoms with van der Waals surface area (Å²) in [6, 6.07) is 9.43. The highest BCUT2D eigenvalue weighted by Crippen LogP contribution is 2.21. The average Bonchev–Trinajstić information content (AvgIpc) is 2.76. The zero-order valence-corrected chi connectivity index (χ0v) is 8.83. The summed E-state index contributed by atoms with van der Waals surface area (Å²) < 4.78 is 10.8. The van der Waals surface area contributed by atoms with E-state index in [1.54, 1.807) is 0 Å². The van der Waals surface area contributed by atoms with Crippen LogP contribution in [0.4, 0.5) is 0 Å². The third-order valence-electron chi connectivity index (χ3n) is 2.56. The van der Waals surface area contributed by atoms with Crippen molar-refractivity contribution in [2.75, 3.05) is 6.61 Å². The van der Waals surface area contributed by atoms with E-state index in [-0.39, 0.29) is 6.10 Å². The lowest BCUT2D eigenvalue weighted by molar-refractivity contribution is -0.149. The van der Waals surface area contributed by atoms with E-state index in [4.69, 9.17) is 14.6 Å². The highest BCUT2D eigenvalue weighted by atomic mass is 16.6. The third kappa shape index (κ3) is 2.73. The van der Waals surface area contributed by atoms with Gasteiger partial charge >= 0.3 is 5.97 Å². The molecule has 0 amide bonds. The van der Waals surface area contributed by atoms with Gasteiger partial charge in [0.05, 0.1) is 6.10 Å². The smallest absolute Gasteiger partial charge is 0.332 e. The van der Waals surface area contributed by atoms with Crippen LogP contribution in [0.15, 0.2) is 30.3 Å². The monoisotopic (exact) mass is 222 g/mol. The molecule has 0 spiro atoms. The molecule has 1 heterocycles. The van der Waals surface area contributed by atoms with E-state index in [1.807, 2.05) is 30.3 Å². The van der Waals surface area contributed by atoms with Crippen molar-refractivity contribution >= 4 is 5.97 Å². The number of para-hydroxylation sites is 1. The van der Waals surface area contributed by atoms with Crippen LogP contribution >= 0.6 is 0 Å². The molecule has 0 saturated carbocycles. The second-order valence-electron chi connectivity index (χ2n) is 3.79. The van der Waals surface area contributed by atoms with Gasteiger partial charge in [0.15, 0.2) is 6.10 Å². The van der Waals surface area contributed by atoms with Crippen molar-refractivity contribution in [1.82, 2.24) is 0 Å². The molecule has 0 radical (unpaired) electrons. The predicted octanol–water partition coefficient (Wildman–Crippen LogP) is 1.70. The van der Waals surface area contributed by atoms with Gasteiger partial charge in [-0.15, -0.1) is 0 Å². The van der Waals surface area contributed by atoms with E-state index >= 15 is 0 Å². The summed E-state index contributed by atoms with van der Waals surface area (Å²) in [5.74, 6) is -0.105. The first kappa shape index (κ1) is 11.0. The lowest BCUT2D eigenvalue weighted by Crippen LogP contribution is -2.23. The molecule has 2 rings (SSSR count). The summed E-state index contributed by atoms with van der Waals surface area (Å²) in [5, 5.41) is 8.75. The van der Waals surface area contributed by atoms with Gasteiger partial charge in [0.25, 0.3) is 0 Å². The number of rotatable bonds is 4. The average molecular weight is 222 g/mol. The Kier molecular flexibility index (Phi) is 3.41. The first-order chi connectivity index (χ1) is 7.75. The Labute approximate surface area is 93.8 Å².